The zero-order valence-corrected chi connectivity index (χ0v) is 16.5. The third kappa shape index (κ3) is 5.65. The van der Waals surface area contributed by atoms with Gasteiger partial charge in [0.2, 0.25) is 0 Å². The number of aliphatic hydroxyl groups excluding tert-OH is 1. The summed E-state index contributed by atoms with van der Waals surface area (Å²) in [6, 6.07) is 0. The zero-order valence-electron chi connectivity index (χ0n) is 16.5. The van der Waals surface area contributed by atoms with Gasteiger partial charge in [0.1, 0.15) is 11.6 Å². The second-order valence-electron chi connectivity index (χ2n) is 9.32. The lowest BCUT2D eigenvalue weighted by molar-refractivity contribution is -0.127. The summed E-state index contributed by atoms with van der Waals surface area (Å²) in [5, 5.41) is 10.7. The van der Waals surface area contributed by atoms with E-state index in [9.17, 15) is 14.7 Å². The van der Waals surface area contributed by atoms with Gasteiger partial charge in [-0.1, -0.05) is 44.9 Å². The molecular formula is C23H38O3. The van der Waals surface area contributed by atoms with Crippen molar-refractivity contribution in [1.29, 1.82) is 0 Å². The molecule has 0 aliphatic heterocycles. The average Bonchev–Trinajstić information content (AvgIpc) is 2.88. The maximum absolute atomic E-state index is 12.3. The Morgan fingerprint density at radius 3 is 2.38 bits per heavy atom. The molecule has 0 bridgehead atoms. The van der Waals surface area contributed by atoms with E-state index in [2.05, 4.69) is 0 Å². The van der Waals surface area contributed by atoms with Crippen molar-refractivity contribution in [3.05, 3.63) is 0 Å². The lowest BCUT2D eigenvalue weighted by Gasteiger charge is -2.32. The van der Waals surface area contributed by atoms with Crippen molar-refractivity contribution in [3.63, 3.8) is 0 Å². The van der Waals surface area contributed by atoms with E-state index in [1.165, 1.54) is 51.4 Å². The topological polar surface area (TPSA) is 54.4 Å². The summed E-state index contributed by atoms with van der Waals surface area (Å²) in [5.74, 6) is 3.08. The molecule has 4 atom stereocenters. The van der Waals surface area contributed by atoms with E-state index in [0.29, 0.717) is 36.7 Å². The molecule has 3 heteroatoms. The van der Waals surface area contributed by atoms with Gasteiger partial charge in [-0.3, -0.25) is 9.59 Å². The minimum Gasteiger partial charge on any atom is -0.393 e. The SMILES string of the molecule is O=C1CCC(C(=O)CCCCC(O)C2CCCC3CCCCC3C2)CC1. The van der Waals surface area contributed by atoms with Crippen LogP contribution in [0.25, 0.3) is 0 Å². The van der Waals surface area contributed by atoms with Crippen LogP contribution in [0.1, 0.15) is 103 Å². The van der Waals surface area contributed by atoms with E-state index in [1.807, 2.05) is 0 Å². The number of unbranched alkanes of at least 4 members (excludes halogenated alkanes) is 1. The van der Waals surface area contributed by atoms with Gasteiger partial charge >= 0.3 is 0 Å². The number of carbonyl (C=O) groups excluding carboxylic acids is 2. The number of hydrogen-bond donors (Lipinski definition) is 1. The quantitative estimate of drug-likeness (QED) is 0.631. The highest BCUT2D eigenvalue weighted by Crippen LogP contribution is 2.42. The van der Waals surface area contributed by atoms with Crippen LogP contribution in [-0.2, 0) is 9.59 Å². The number of fused-ring (bicyclic) bond motifs is 1. The highest BCUT2D eigenvalue weighted by molar-refractivity contribution is 5.85. The molecule has 3 saturated carbocycles. The number of rotatable bonds is 7. The summed E-state index contributed by atoms with van der Waals surface area (Å²) in [6.45, 7) is 0. The first-order valence-electron chi connectivity index (χ1n) is 11.4. The van der Waals surface area contributed by atoms with Gasteiger partial charge in [0.05, 0.1) is 6.10 Å². The van der Waals surface area contributed by atoms with Crippen molar-refractivity contribution in [2.24, 2.45) is 23.7 Å². The van der Waals surface area contributed by atoms with Crippen molar-refractivity contribution < 1.29 is 14.7 Å². The van der Waals surface area contributed by atoms with Gasteiger partial charge in [-0.15, -0.1) is 0 Å². The lowest BCUT2D eigenvalue weighted by atomic mass is 9.74. The Labute approximate surface area is 159 Å². The van der Waals surface area contributed by atoms with Gasteiger partial charge < -0.3 is 5.11 Å². The van der Waals surface area contributed by atoms with E-state index < -0.39 is 0 Å². The van der Waals surface area contributed by atoms with E-state index in [1.54, 1.807) is 0 Å². The smallest absolute Gasteiger partial charge is 0.136 e. The van der Waals surface area contributed by atoms with E-state index in [4.69, 9.17) is 0 Å². The third-order valence-electron chi connectivity index (χ3n) is 7.54. The fourth-order valence-electron chi connectivity index (χ4n) is 5.83. The van der Waals surface area contributed by atoms with Crippen LogP contribution >= 0.6 is 0 Å². The molecule has 0 spiro atoms. The Bertz CT molecular complexity index is 462. The molecule has 148 valence electrons. The highest BCUT2D eigenvalue weighted by atomic mass is 16.3. The van der Waals surface area contributed by atoms with Crippen molar-refractivity contribution in [2.75, 3.05) is 0 Å². The standard InChI is InChI=1S/C23H38O3/c24-21-14-12-18(13-15-21)22(25)10-3-4-11-23(26)20-9-5-8-17-6-1-2-7-19(17)16-20/h17-20,23,26H,1-16H2. The van der Waals surface area contributed by atoms with E-state index in [0.717, 1.165) is 43.9 Å². The Balaban J connectivity index is 1.34. The van der Waals surface area contributed by atoms with Crippen molar-refractivity contribution in [2.45, 2.75) is 109 Å². The fourth-order valence-corrected chi connectivity index (χ4v) is 5.83. The first-order valence-corrected chi connectivity index (χ1v) is 11.4. The Kier molecular flexibility index (Phi) is 7.72. The third-order valence-corrected chi connectivity index (χ3v) is 7.54. The van der Waals surface area contributed by atoms with Gasteiger partial charge in [-0.05, 0) is 56.3 Å². The van der Waals surface area contributed by atoms with Crippen LogP contribution in [0.4, 0.5) is 0 Å². The summed E-state index contributed by atoms with van der Waals surface area (Å²) in [5.41, 5.74) is 0. The monoisotopic (exact) mass is 362 g/mol. The van der Waals surface area contributed by atoms with Crippen LogP contribution in [-0.4, -0.2) is 22.8 Å². The Morgan fingerprint density at radius 2 is 1.62 bits per heavy atom. The molecule has 1 N–H and O–H groups in total. The molecule has 0 aromatic heterocycles. The molecule has 0 amide bonds. The normalized spacial score (nSPS) is 31.9. The largest absolute Gasteiger partial charge is 0.393 e. The molecule has 0 saturated heterocycles. The number of hydrogen-bond acceptors (Lipinski definition) is 3. The van der Waals surface area contributed by atoms with E-state index >= 15 is 0 Å². The van der Waals surface area contributed by atoms with Crippen molar-refractivity contribution in [1.82, 2.24) is 0 Å². The maximum atomic E-state index is 12.3. The maximum Gasteiger partial charge on any atom is 0.136 e. The lowest BCUT2D eigenvalue weighted by Crippen LogP contribution is -2.25. The van der Waals surface area contributed by atoms with Gasteiger partial charge in [-0.25, -0.2) is 0 Å². The second kappa shape index (κ2) is 10.0. The first-order chi connectivity index (χ1) is 12.6. The zero-order chi connectivity index (χ0) is 18.4. The molecule has 26 heavy (non-hydrogen) atoms. The Hall–Kier alpha value is -0.700. The fraction of sp³-hybridized carbons (Fsp3) is 0.913. The summed E-state index contributed by atoms with van der Waals surface area (Å²) < 4.78 is 0. The number of aliphatic hydroxyl groups is 1. The molecule has 3 fully saturated rings. The molecule has 3 rings (SSSR count). The number of carbonyl (C=O) groups is 2. The summed E-state index contributed by atoms with van der Waals surface area (Å²) in [4.78, 5) is 23.6. The van der Waals surface area contributed by atoms with Crippen molar-refractivity contribution in [3.8, 4) is 0 Å². The predicted octanol–water partition coefficient (Wildman–Crippen LogP) is 5.23. The molecule has 3 aliphatic carbocycles. The number of ketones is 2. The van der Waals surface area contributed by atoms with Crippen LogP contribution in [0.2, 0.25) is 0 Å². The van der Waals surface area contributed by atoms with Crippen LogP contribution < -0.4 is 0 Å². The van der Waals surface area contributed by atoms with Gasteiger partial charge in [0.15, 0.2) is 0 Å². The average molecular weight is 363 g/mol. The van der Waals surface area contributed by atoms with Gasteiger partial charge in [-0.2, -0.15) is 0 Å². The minimum absolute atomic E-state index is 0.128. The van der Waals surface area contributed by atoms with E-state index in [-0.39, 0.29) is 12.0 Å². The molecule has 0 aromatic rings. The summed E-state index contributed by atoms with van der Waals surface area (Å²) in [6.07, 6.45) is 16.6. The second-order valence-corrected chi connectivity index (χ2v) is 9.32. The number of Topliss-reactive ketones (excluding diaryl/α,β-unsaturated/α-hetero) is 2. The van der Waals surface area contributed by atoms with Gasteiger partial charge in [0.25, 0.3) is 0 Å². The molecular weight excluding hydrogens is 324 g/mol. The summed E-state index contributed by atoms with van der Waals surface area (Å²) >= 11 is 0. The molecule has 0 radical (unpaired) electrons. The minimum atomic E-state index is -0.168. The Morgan fingerprint density at radius 1 is 0.923 bits per heavy atom. The predicted molar refractivity (Wildman–Crippen MR) is 104 cm³/mol. The molecule has 3 aliphatic rings. The molecule has 3 nitrogen and oxygen atoms in total. The van der Waals surface area contributed by atoms with Gasteiger partial charge in [0, 0.05) is 25.2 Å². The highest BCUT2D eigenvalue weighted by Gasteiger charge is 2.32. The van der Waals surface area contributed by atoms with Crippen molar-refractivity contribution >= 4 is 11.6 Å². The first kappa shape index (κ1) is 20.0. The summed E-state index contributed by atoms with van der Waals surface area (Å²) in [7, 11) is 0. The molecule has 4 unspecified atom stereocenters. The van der Waals surface area contributed by atoms with Crippen LogP contribution in [0.5, 0.6) is 0 Å². The molecule has 0 heterocycles. The van der Waals surface area contributed by atoms with Crippen LogP contribution in [0.15, 0.2) is 0 Å². The van der Waals surface area contributed by atoms with Crippen LogP contribution in [0, 0.1) is 23.7 Å². The van der Waals surface area contributed by atoms with Crippen LogP contribution in [0.3, 0.4) is 0 Å². The molecule has 0 aromatic carbocycles.